The first kappa shape index (κ1) is 25.7. The summed E-state index contributed by atoms with van der Waals surface area (Å²) in [6, 6.07) is 6.66. The second-order valence-corrected chi connectivity index (χ2v) is 6.60. The number of hydrogen-bond donors (Lipinski definition) is 2. The van der Waals surface area contributed by atoms with Crippen LogP contribution < -0.4 is 15.4 Å². The van der Waals surface area contributed by atoms with Crippen LogP contribution in [0.3, 0.4) is 0 Å². The molecule has 0 radical (unpaired) electrons. The van der Waals surface area contributed by atoms with E-state index in [1.165, 1.54) is 19.4 Å². The molecule has 2 rings (SSSR count). The maximum atomic E-state index is 13.9. The summed E-state index contributed by atoms with van der Waals surface area (Å²) in [7, 11) is 3.34. The standard InChI is InChI=1S/C21H29FN4O3.HI/c1-5-23-21(26(3)14-16-7-8-18(28-4)17(22)13-16)25-11-6-10-24-20(27)19-15(2)9-12-29-19;/h7-9,12-13H,5-6,10-11,14H2,1-4H3,(H,23,25)(H,24,27);1H. The lowest BCUT2D eigenvalue weighted by Crippen LogP contribution is -2.38. The van der Waals surface area contributed by atoms with E-state index in [9.17, 15) is 9.18 Å². The number of aryl methyl sites for hydroxylation is 1. The van der Waals surface area contributed by atoms with Crippen LogP contribution in [0.2, 0.25) is 0 Å². The number of benzene rings is 1. The molecule has 0 bridgehead atoms. The van der Waals surface area contributed by atoms with Crippen LogP contribution in [-0.2, 0) is 6.54 Å². The van der Waals surface area contributed by atoms with Gasteiger partial charge >= 0.3 is 0 Å². The Hall–Kier alpha value is -2.30. The maximum absolute atomic E-state index is 13.9. The highest BCUT2D eigenvalue weighted by Gasteiger charge is 2.12. The number of nitrogens with one attached hydrogen (secondary N) is 2. The molecule has 1 amide bonds. The van der Waals surface area contributed by atoms with E-state index in [1.807, 2.05) is 31.9 Å². The van der Waals surface area contributed by atoms with Crippen LogP contribution in [0.5, 0.6) is 5.75 Å². The van der Waals surface area contributed by atoms with Crippen molar-refractivity contribution in [2.24, 2.45) is 4.99 Å². The van der Waals surface area contributed by atoms with E-state index in [0.29, 0.717) is 38.4 Å². The average Bonchev–Trinajstić information content (AvgIpc) is 3.13. The molecule has 0 fully saturated rings. The largest absolute Gasteiger partial charge is 0.494 e. The van der Waals surface area contributed by atoms with Crippen LogP contribution in [-0.4, -0.2) is 50.6 Å². The van der Waals surface area contributed by atoms with Gasteiger partial charge in [0.1, 0.15) is 0 Å². The predicted molar refractivity (Wildman–Crippen MR) is 126 cm³/mol. The summed E-state index contributed by atoms with van der Waals surface area (Å²) in [5, 5.41) is 6.05. The van der Waals surface area contributed by atoms with Crippen molar-refractivity contribution in [3.8, 4) is 5.75 Å². The Bertz CT molecular complexity index is 841. The minimum Gasteiger partial charge on any atom is -0.494 e. The van der Waals surface area contributed by atoms with Crippen LogP contribution in [0.4, 0.5) is 4.39 Å². The fraction of sp³-hybridized carbons (Fsp3) is 0.429. The first-order valence-electron chi connectivity index (χ1n) is 9.60. The summed E-state index contributed by atoms with van der Waals surface area (Å²) >= 11 is 0. The van der Waals surface area contributed by atoms with Crippen LogP contribution in [0, 0.1) is 12.7 Å². The number of carbonyl (C=O) groups excluding carboxylic acids is 1. The molecule has 1 aromatic carbocycles. The number of hydrogen-bond acceptors (Lipinski definition) is 4. The van der Waals surface area contributed by atoms with Crippen molar-refractivity contribution in [1.82, 2.24) is 15.5 Å². The lowest BCUT2D eigenvalue weighted by molar-refractivity contribution is 0.0925. The lowest BCUT2D eigenvalue weighted by Gasteiger charge is -2.22. The first-order chi connectivity index (χ1) is 14.0. The van der Waals surface area contributed by atoms with Crippen LogP contribution >= 0.6 is 24.0 Å². The zero-order chi connectivity index (χ0) is 21.2. The number of nitrogens with zero attached hydrogens (tertiary/aromatic N) is 2. The van der Waals surface area contributed by atoms with Crippen LogP contribution in [0.1, 0.15) is 35.0 Å². The van der Waals surface area contributed by atoms with Crippen LogP contribution in [0.25, 0.3) is 0 Å². The Morgan fingerprint density at radius 3 is 2.67 bits per heavy atom. The number of guanidine groups is 1. The topological polar surface area (TPSA) is 79.1 Å². The SMILES string of the molecule is CCNC(=NCCCNC(=O)c1occc1C)N(C)Cc1ccc(OC)c(F)c1.I. The molecule has 0 aliphatic rings. The zero-order valence-corrected chi connectivity index (χ0v) is 20.2. The Morgan fingerprint density at radius 1 is 1.30 bits per heavy atom. The van der Waals surface area contributed by atoms with Gasteiger partial charge in [-0.1, -0.05) is 6.07 Å². The van der Waals surface area contributed by atoms with E-state index in [4.69, 9.17) is 9.15 Å². The molecule has 2 aromatic rings. The minimum absolute atomic E-state index is 0. The van der Waals surface area contributed by atoms with E-state index in [2.05, 4.69) is 15.6 Å². The predicted octanol–water partition coefficient (Wildman–Crippen LogP) is 3.57. The van der Waals surface area contributed by atoms with E-state index in [0.717, 1.165) is 17.1 Å². The molecular formula is C21H30FIN4O3. The highest BCUT2D eigenvalue weighted by molar-refractivity contribution is 14.0. The van der Waals surface area contributed by atoms with Crippen LogP contribution in [0.15, 0.2) is 39.9 Å². The number of aliphatic imine (C=N–C) groups is 1. The Morgan fingerprint density at radius 2 is 2.07 bits per heavy atom. The third-order valence-corrected chi connectivity index (χ3v) is 4.28. The van der Waals surface area contributed by atoms with Gasteiger partial charge in [-0.2, -0.15) is 0 Å². The fourth-order valence-corrected chi connectivity index (χ4v) is 2.78. The Balaban J connectivity index is 0.00000450. The molecule has 0 saturated heterocycles. The lowest BCUT2D eigenvalue weighted by atomic mass is 10.2. The summed E-state index contributed by atoms with van der Waals surface area (Å²) in [6.45, 7) is 6.07. The fourth-order valence-electron chi connectivity index (χ4n) is 2.78. The zero-order valence-electron chi connectivity index (χ0n) is 17.8. The van der Waals surface area contributed by atoms with Gasteiger partial charge in [-0.25, -0.2) is 4.39 Å². The van der Waals surface area contributed by atoms with Gasteiger partial charge in [0.25, 0.3) is 5.91 Å². The number of methoxy groups -OCH3 is 1. The van der Waals surface area contributed by atoms with Crippen molar-refractivity contribution >= 4 is 35.8 Å². The van der Waals surface area contributed by atoms with Gasteiger partial charge in [0.15, 0.2) is 23.3 Å². The molecule has 1 heterocycles. The number of ether oxygens (including phenoxy) is 1. The molecule has 0 atom stereocenters. The number of rotatable bonds is 9. The monoisotopic (exact) mass is 532 g/mol. The van der Waals surface area contributed by atoms with Crippen molar-refractivity contribution in [3.63, 3.8) is 0 Å². The Kier molecular flexibility index (Phi) is 11.2. The summed E-state index contributed by atoms with van der Waals surface area (Å²) in [5.41, 5.74) is 1.63. The normalized spacial score (nSPS) is 10.9. The van der Waals surface area contributed by atoms with Gasteiger partial charge < -0.3 is 24.7 Å². The highest BCUT2D eigenvalue weighted by atomic mass is 127. The van der Waals surface area contributed by atoms with Gasteiger partial charge in [-0.05, 0) is 44.0 Å². The van der Waals surface area contributed by atoms with E-state index in [1.54, 1.807) is 12.1 Å². The molecule has 2 N–H and O–H groups in total. The Labute approximate surface area is 194 Å². The van der Waals surface area contributed by atoms with E-state index in [-0.39, 0.29) is 41.5 Å². The minimum atomic E-state index is -0.386. The summed E-state index contributed by atoms with van der Waals surface area (Å²) in [6.07, 6.45) is 2.19. The van der Waals surface area contributed by atoms with Gasteiger partial charge in [-0.3, -0.25) is 9.79 Å². The number of amides is 1. The molecule has 7 nitrogen and oxygen atoms in total. The third-order valence-electron chi connectivity index (χ3n) is 4.28. The summed E-state index contributed by atoms with van der Waals surface area (Å²) in [4.78, 5) is 18.5. The molecule has 0 spiro atoms. The quantitative estimate of drug-likeness (QED) is 0.224. The number of halogens is 2. The van der Waals surface area contributed by atoms with E-state index < -0.39 is 0 Å². The first-order valence-corrected chi connectivity index (χ1v) is 9.60. The average molecular weight is 532 g/mol. The van der Waals surface area contributed by atoms with Crippen molar-refractivity contribution in [2.45, 2.75) is 26.8 Å². The van der Waals surface area contributed by atoms with Crippen molar-refractivity contribution in [1.29, 1.82) is 0 Å². The summed E-state index contributed by atoms with van der Waals surface area (Å²) in [5.74, 6) is 0.680. The number of carbonyl (C=O) groups is 1. The molecule has 30 heavy (non-hydrogen) atoms. The molecule has 1 aromatic heterocycles. The molecule has 0 aliphatic carbocycles. The smallest absolute Gasteiger partial charge is 0.287 e. The van der Waals surface area contributed by atoms with Gasteiger partial charge in [0, 0.05) is 38.8 Å². The second-order valence-electron chi connectivity index (χ2n) is 6.60. The summed E-state index contributed by atoms with van der Waals surface area (Å²) < 4.78 is 24.0. The van der Waals surface area contributed by atoms with Crippen molar-refractivity contribution in [2.75, 3.05) is 33.8 Å². The van der Waals surface area contributed by atoms with Gasteiger partial charge in [-0.15, -0.1) is 24.0 Å². The molecule has 0 aliphatic heterocycles. The van der Waals surface area contributed by atoms with E-state index >= 15 is 0 Å². The third kappa shape index (κ3) is 7.51. The molecule has 0 saturated carbocycles. The number of furan rings is 1. The van der Waals surface area contributed by atoms with Crippen molar-refractivity contribution in [3.05, 3.63) is 53.2 Å². The maximum Gasteiger partial charge on any atom is 0.287 e. The second kappa shape index (κ2) is 13.1. The molecule has 9 heteroatoms. The van der Waals surface area contributed by atoms with Gasteiger partial charge in [0.05, 0.1) is 13.4 Å². The molecule has 166 valence electrons. The van der Waals surface area contributed by atoms with Gasteiger partial charge in [0.2, 0.25) is 0 Å². The molecule has 0 unspecified atom stereocenters. The highest BCUT2D eigenvalue weighted by Crippen LogP contribution is 2.18. The molecular weight excluding hydrogens is 502 g/mol. The van der Waals surface area contributed by atoms with Crippen molar-refractivity contribution < 1.29 is 18.3 Å².